The molecule has 2 aromatic rings. The van der Waals surface area contributed by atoms with Crippen LogP contribution in [0.5, 0.6) is 0 Å². The highest BCUT2D eigenvalue weighted by Gasteiger charge is 2.12. The molecule has 21 heavy (non-hydrogen) atoms. The molecule has 0 aliphatic rings. The van der Waals surface area contributed by atoms with Gasteiger partial charge in [0.2, 0.25) is 0 Å². The van der Waals surface area contributed by atoms with E-state index in [0.717, 1.165) is 23.9 Å². The van der Waals surface area contributed by atoms with Gasteiger partial charge in [-0.2, -0.15) is 0 Å². The Bertz CT molecular complexity index is 560. The van der Waals surface area contributed by atoms with Crippen molar-refractivity contribution in [2.75, 3.05) is 6.54 Å². The van der Waals surface area contributed by atoms with Crippen molar-refractivity contribution in [2.45, 2.75) is 32.7 Å². The van der Waals surface area contributed by atoms with Crippen molar-refractivity contribution in [2.24, 2.45) is 0 Å². The van der Waals surface area contributed by atoms with E-state index in [4.69, 9.17) is 0 Å². The molecule has 1 atom stereocenters. The number of aryl methyl sites for hydroxylation is 1. The molecule has 1 nitrogen and oxygen atoms in total. The van der Waals surface area contributed by atoms with Crippen LogP contribution in [0.4, 0.5) is 0 Å². The van der Waals surface area contributed by atoms with E-state index in [2.05, 4.69) is 100 Å². The molecule has 0 aliphatic carbocycles. The molecule has 0 bridgehead atoms. The van der Waals surface area contributed by atoms with Crippen LogP contribution in [0.15, 0.2) is 46.9 Å². The highest BCUT2D eigenvalue weighted by atomic mass is 127. The van der Waals surface area contributed by atoms with Crippen LogP contribution in [0, 0.1) is 10.5 Å². The van der Waals surface area contributed by atoms with Crippen molar-refractivity contribution >= 4 is 38.5 Å². The summed E-state index contributed by atoms with van der Waals surface area (Å²) in [6, 6.07) is 15.8. The van der Waals surface area contributed by atoms with Gasteiger partial charge in [0.1, 0.15) is 0 Å². The summed E-state index contributed by atoms with van der Waals surface area (Å²) in [5, 5.41) is 3.68. The zero-order valence-electron chi connectivity index (χ0n) is 12.5. The number of rotatable bonds is 6. The van der Waals surface area contributed by atoms with Crippen LogP contribution in [0.25, 0.3) is 0 Å². The van der Waals surface area contributed by atoms with Crippen LogP contribution in [-0.4, -0.2) is 6.54 Å². The van der Waals surface area contributed by atoms with Gasteiger partial charge in [-0.05, 0) is 89.9 Å². The second kappa shape index (κ2) is 8.30. The minimum absolute atomic E-state index is 0.362. The number of hydrogen-bond acceptors (Lipinski definition) is 1. The van der Waals surface area contributed by atoms with Gasteiger partial charge in [-0.25, -0.2) is 0 Å². The molecule has 0 radical (unpaired) electrons. The molecule has 0 aliphatic heterocycles. The lowest BCUT2D eigenvalue weighted by molar-refractivity contribution is 0.529. The van der Waals surface area contributed by atoms with Crippen LogP contribution in [0.2, 0.25) is 0 Å². The molecule has 1 unspecified atom stereocenters. The number of halogens is 2. The predicted molar refractivity (Wildman–Crippen MR) is 103 cm³/mol. The van der Waals surface area contributed by atoms with E-state index in [1.807, 2.05) is 0 Å². The summed E-state index contributed by atoms with van der Waals surface area (Å²) in [7, 11) is 0. The monoisotopic (exact) mass is 457 g/mol. The Morgan fingerprint density at radius 2 is 1.86 bits per heavy atom. The standard InChI is InChI=1S/C18H21BrIN/c1-3-8-21-18(11-14-4-6-17(20)7-5-14)15-9-13(2)10-16(19)12-15/h4-7,9-10,12,18,21H,3,8,11H2,1-2H3. The van der Waals surface area contributed by atoms with Crippen LogP contribution in [-0.2, 0) is 6.42 Å². The van der Waals surface area contributed by atoms with Crippen molar-refractivity contribution in [3.8, 4) is 0 Å². The van der Waals surface area contributed by atoms with Crippen molar-refractivity contribution in [1.29, 1.82) is 0 Å². The summed E-state index contributed by atoms with van der Waals surface area (Å²) in [5.74, 6) is 0. The zero-order chi connectivity index (χ0) is 15.2. The summed E-state index contributed by atoms with van der Waals surface area (Å²) >= 11 is 5.97. The fraction of sp³-hybridized carbons (Fsp3) is 0.333. The molecule has 3 heteroatoms. The smallest absolute Gasteiger partial charge is 0.0361 e. The van der Waals surface area contributed by atoms with Crippen molar-refractivity contribution in [3.05, 3.63) is 67.2 Å². The quantitative estimate of drug-likeness (QED) is 0.553. The Labute approximate surface area is 149 Å². The molecule has 2 rings (SSSR count). The van der Waals surface area contributed by atoms with E-state index in [1.54, 1.807) is 0 Å². The molecule has 2 aromatic carbocycles. The Balaban J connectivity index is 2.22. The Morgan fingerprint density at radius 3 is 2.48 bits per heavy atom. The van der Waals surface area contributed by atoms with Crippen molar-refractivity contribution in [1.82, 2.24) is 5.32 Å². The summed E-state index contributed by atoms with van der Waals surface area (Å²) in [4.78, 5) is 0. The Morgan fingerprint density at radius 1 is 1.14 bits per heavy atom. The van der Waals surface area contributed by atoms with E-state index >= 15 is 0 Å². The van der Waals surface area contributed by atoms with Crippen molar-refractivity contribution < 1.29 is 0 Å². The first kappa shape index (κ1) is 17.0. The van der Waals surface area contributed by atoms with E-state index in [1.165, 1.54) is 20.3 Å². The number of benzene rings is 2. The fourth-order valence-electron chi connectivity index (χ4n) is 2.45. The first-order chi connectivity index (χ1) is 10.1. The van der Waals surface area contributed by atoms with Crippen LogP contribution in [0.1, 0.15) is 36.1 Å². The third kappa shape index (κ3) is 5.38. The number of nitrogens with one attached hydrogen (secondary N) is 1. The molecule has 0 aromatic heterocycles. The van der Waals surface area contributed by atoms with Gasteiger partial charge in [0.15, 0.2) is 0 Å². The second-order valence-corrected chi connectivity index (χ2v) is 7.56. The van der Waals surface area contributed by atoms with Gasteiger partial charge in [-0.3, -0.25) is 0 Å². The number of hydrogen-bond donors (Lipinski definition) is 1. The largest absolute Gasteiger partial charge is 0.310 e. The molecule has 1 N–H and O–H groups in total. The highest BCUT2D eigenvalue weighted by Crippen LogP contribution is 2.24. The topological polar surface area (TPSA) is 12.0 Å². The van der Waals surface area contributed by atoms with E-state index in [0.29, 0.717) is 6.04 Å². The molecule has 0 fully saturated rings. The molecule has 0 heterocycles. The van der Waals surface area contributed by atoms with Crippen LogP contribution in [0.3, 0.4) is 0 Å². The van der Waals surface area contributed by atoms with Gasteiger partial charge in [-0.1, -0.05) is 41.1 Å². The van der Waals surface area contributed by atoms with Gasteiger partial charge in [-0.15, -0.1) is 0 Å². The molecule has 0 saturated heterocycles. The SMILES string of the molecule is CCCNC(Cc1ccc(I)cc1)c1cc(C)cc(Br)c1. The first-order valence-corrected chi connectivity index (χ1v) is 9.20. The van der Waals surface area contributed by atoms with Crippen molar-refractivity contribution in [3.63, 3.8) is 0 Å². The molecule has 0 amide bonds. The lowest BCUT2D eigenvalue weighted by Crippen LogP contribution is -2.24. The van der Waals surface area contributed by atoms with Gasteiger partial charge in [0.05, 0.1) is 0 Å². The average molecular weight is 458 g/mol. The summed E-state index contributed by atoms with van der Waals surface area (Å²) in [6.45, 7) is 5.40. The van der Waals surface area contributed by atoms with Crippen LogP contribution >= 0.6 is 38.5 Å². The fourth-order valence-corrected chi connectivity index (χ4v) is 3.43. The van der Waals surface area contributed by atoms with Gasteiger partial charge >= 0.3 is 0 Å². The predicted octanol–water partition coefficient (Wildman–Crippen LogP) is 5.65. The van der Waals surface area contributed by atoms with Gasteiger partial charge in [0.25, 0.3) is 0 Å². The maximum Gasteiger partial charge on any atom is 0.0361 e. The maximum absolute atomic E-state index is 3.68. The molecule has 0 saturated carbocycles. The first-order valence-electron chi connectivity index (χ1n) is 7.33. The highest BCUT2D eigenvalue weighted by molar-refractivity contribution is 14.1. The third-order valence-electron chi connectivity index (χ3n) is 3.46. The summed E-state index contributed by atoms with van der Waals surface area (Å²) in [6.07, 6.45) is 2.17. The minimum atomic E-state index is 0.362. The summed E-state index contributed by atoms with van der Waals surface area (Å²) in [5.41, 5.74) is 4.03. The van der Waals surface area contributed by atoms with Gasteiger partial charge < -0.3 is 5.32 Å². The maximum atomic E-state index is 3.68. The molecule has 0 spiro atoms. The minimum Gasteiger partial charge on any atom is -0.310 e. The van der Waals surface area contributed by atoms with Gasteiger partial charge in [0, 0.05) is 14.1 Å². The third-order valence-corrected chi connectivity index (χ3v) is 4.64. The van der Waals surface area contributed by atoms with Crippen LogP contribution < -0.4 is 5.32 Å². The normalized spacial score (nSPS) is 12.4. The second-order valence-electron chi connectivity index (χ2n) is 5.40. The Hall–Kier alpha value is -0.390. The van der Waals surface area contributed by atoms with E-state index < -0.39 is 0 Å². The average Bonchev–Trinajstić information content (AvgIpc) is 2.44. The lowest BCUT2D eigenvalue weighted by Gasteiger charge is -2.20. The lowest BCUT2D eigenvalue weighted by atomic mass is 9.97. The Kier molecular flexibility index (Phi) is 6.71. The zero-order valence-corrected chi connectivity index (χ0v) is 16.2. The van der Waals surface area contributed by atoms with E-state index in [9.17, 15) is 0 Å². The molecular formula is C18H21BrIN. The molecule has 112 valence electrons. The summed E-state index contributed by atoms with van der Waals surface area (Å²) < 4.78 is 2.44. The van der Waals surface area contributed by atoms with E-state index in [-0.39, 0.29) is 0 Å². The molecular weight excluding hydrogens is 437 g/mol.